The Morgan fingerprint density at radius 1 is 0.944 bits per heavy atom. The number of carboxylic acid groups (broad SMARTS) is 1. The summed E-state index contributed by atoms with van der Waals surface area (Å²) in [6, 6.07) is 0. The predicted octanol–water partition coefficient (Wildman–Crippen LogP) is 2.38. The first-order valence-electron chi connectivity index (χ1n) is 6.62. The molecule has 0 fully saturated rings. The van der Waals surface area contributed by atoms with Crippen molar-refractivity contribution in [3.63, 3.8) is 0 Å². The third-order valence-electron chi connectivity index (χ3n) is 2.40. The van der Waals surface area contributed by atoms with Crippen molar-refractivity contribution in [3.05, 3.63) is 0 Å². The first-order chi connectivity index (χ1) is 8.66. The summed E-state index contributed by atoms with van der Waals surface area (Å²) in [4.78, 5) is 21.4. The van der Waals surface area contributed by atoms with Gasteiger partial charge in [-0.05, 0) is 19.3 Å². The summed E-state index contributed by atoms with van der Waals surface area (Å²) in [6.07, 6.45) is 4.81. The Bertz CT molecular complexity index is 227. The monoisotopic (exact) mass is 260 g/mol. The van der Waals surface area contributed by atoms with E-state index >= 15 is 0 Å². The quantitative estimate of drug-likeness (QED) is 0.431. The summed E-state index contributed by atoms with van der Waals surface area (Å²) in [5.41, 5.74) is 0. The number of esters is 1. The summed E-state index contributed by atoms with van der Waals surface area (Å²) < 4.78 is 10.2. The van der Waals surface area contributed by atoms with Crippen molar-refractivity contribution >= 4 is 11.9 Å². The second kappa shape index (κ2) is 12.4. The number of rotatable bonds is 12. The molecule has 5 nitrogen and oxygen atoms in total. The van der Waals surface area contributed by atoms with Gasteiger partial charge in [-0.1, -0.05) is 19.8 Å². The Morgan fingerprint density at radius 2 is 1.67 bits per heavy atom. The normalized spacial score (nSPS) is 10.3. The number of carbonyl (C=O) groups is 2. The molecule has 0 aromatic rings. The van der Waals surface area contributed by atoms with Crippen LogP contribution in [0.1, 0.15) is 51.9 Å². The van der Waals surface area contributed by atoms with Crippen molar-refractivity contribution in [1.82, 2.24) is 0 Å². The van der Waals surface area contributed by atoms with Crippen LogP contribution in [0.25, 0.3) is 0 Å². The molecule has 0 bridgehead atoms. The Balaban J connectivity index is 3.19. The average molecular weight is 260 g/mol. The van der Waals surface area contributed by atoms with Crippen molar-refractivity contribution in [2.45, 2.75) is 51.9 Å². The van der Waals surface area contributed by atoms with Crippen LogP contribution in [-0.4, -0.2) is 36.9 Å². The summed E-state index contributed by atoms with van der Waals surface area (Å²) in [7, 11) is 0. The first-order valence-corrected chi connectivity index (χ1v) is 6.62. The molecule has 0 atom stereocenters. The van der Waals surface area contributed by atoms with Gasteiger partial charge in [0.15, 0.2) is 0 Å². The van der Waals surface area contributed by atoms with Crippen molar-refractivity contribution in [3.8, 4) is 0 Å². The summed E-state index contributed by atoms with van der Waals surface area (Å²) in [5.74, 6) is -1.11. The zero-order valence-electron chi connectivity index (χ0n) is 11.2. The molecule has 0 aliphatic rings. The molecule has 0 saturated heterocycles. The topological polar surface area (TPSA) is 72.8 Å². The fourth-order valence-corrected chi connectivity index (χ4v) is 1.39. The van der Waals surface area contributed by atoms with Crippen molar-refractivity contribution in [2.24, 2.45) is 0 Å². The number of carbonyl (C=O) groups excluding carboxylic acids is 1. The lowest BCUT2D eigenvalue weighted by atomic mass is 10.2. The molecule has 0 amide bonds. The van der Waals surface area contributed by atoms with Crippen LogP contribution < -0.4 is 0 Å². The maximum atomic E-state index is 11.2. The van der Waals surface area contributed by atoms with E-state index in [0.717, 1.165) is 19.3 Å². The Morgan fingerprint density at radius 3 is 2.33 bits per heavy atom. The van der Waals surface area contributed by atoms with Crippen LogP contribution in [0.4, 0.5) is 0 Å². The van der Waals surface area contributed by atoms with Crippen molar-refractivity contribution in [1.29, 1.82) is 0 Å². The summed E-state index contributed by atoms with van der Waals surface area (Å²) in [5, 5.41) is 8.41. The van der Waals surface area contributed by atoms with Gasteiger partial charge in [0, 0.05) is 19.4 Å². The molecular weight excluding hydrogens is 236 g/mol. The Kier molecular flexibility index (Phi) is 11.6. The van der Waals surface area contributed by atoms with Gasteiger partial charge in [0.25, 0.3) is 0 Å². The zero-order valence-corrected chi connectivity index (χ0v) is 11.2. The van der Waals surface area contributed by atoms with Crippen LogP contribution in [0.15, 0.2) is 0 Å². The molecule has 106 valence electrons. The highest BCUT2D eigenvalue weighted by molar-refractivity contribution is 5.69. The summed E-state index contributed by atoms with van der Waals surface area (Å²) >= 11 is 0. The molecule has 0 aromatic carbocycles. The van der Waals surface area contributed by atoms with Gasteiger partial charge in [-0.15, -0.1) is 0 Å². The molecule has 1 N–H and O–H groups in total. The van der Waals surface area contributed by atoms with Crippen LogP contribution in [0.2, 0.25) is 0 Å². The van der Waals surface area contributed by atoms with E-state index in [2.05, 4.69) is 6.92 Å². The zero-order chi connectivity index (χ0) is 13.6. The molecule has 0 unspecified atom stereocenters. The number of aliphatic carboxylic acids is 1. The highest BCUT2D eigenvalue weighted by atomic mass is 16.6. The molecule has 0 aliphatic carbocycles. The molecule has 0 aliphatic heterocycles. The predicted molar refractivity (Wildman–Crippen MR) is 67.4 cm³/mol. The van der Waals surface area contributed by atoms with E-state index in [9.17, 15) is 9.59 Å². The minimum atomic E-state index is -0.830. The number of hydrogen-bond donors (Lipinski definition) is 1. The maximum absolute atomic E-state index is 11.2. The van der Waals surface area contributed by atoms with Gasteiger partial charge >= 0.3 is 11.9 Å². The van der Waals surface area contributed by atoms with Gasteiger partial charge in [0.1, 0.15) is 6.61 Å². The highest BCUT2D eigenvalue weighted by Crippen LogP contribution is 2.01. The third-order valence-corrected chi connectivity index (χ3v) is 2.40. The van der Waals surface area contributed by atoms with E-state index < -0.39 is 5.97 Å². The van der Waals surface area contributed by atoms with E-state index in [-0.39, 0.29) is 25.4 Å². The lowest BCUT2D eigenvalue weighted by Crippen LogP contribution is -2.11. The standard InChI is InChI=1S/C13H24O5/c1-2-3-6-9-17-10-11-18-13(16)8-5-4-7-12(14)15/h2-11H2,1H3,(H,14,15). The molecular formula is C13H24O5. The van der Waals surface area contributed by atoms with Gasteiger partial charge < -0.3 is 14.6 Å². The van der Waals surface area contributed by atoms with E-state index in [1.807, 2.05) is 0 Å². The molecule has 0 rings (SSSR count). The second-order valence-corrected chi connectivity index (χ2v) is 4.14. The third kappa shape index (κ3) is 13.0. The SMILES string of the molecule is CCCCCOCCOC(=O)CCCCC(=O)O. The lowest BCUT2D eigenvalue weighted by Gasteiger charge is -2.05. The fraction of sp³-hybridized carbons (Fsp3) is 0.846. The van der Waals surface area contributed by atoms with Crippen LogP contribution in [-0.2, 0) is 19.1 Å². The van der Waals surface area contributed by atoms with Crippen LogP contribution in [0.5, 0.6) is 0 Å². The van der Waals surface area contributed by atoms with Gasteiger partial charge in [-0.3, -0.25) is 9.59 Å². The van der Waals surface area contributed by atoms with E-state index in [1.54, 1.807) is 0 Å². The van der Waals surface area contributed by atoms with Crippen LogP contribution >= 0.6 is 0 Å². The number of hydrogen-bond acceptors (Lipinski definition) is 4. The van der Waals surface area contributed by atoms with E-state index in [1.165, 1.54) is 0 Å². The summed E-state index contributed by atoms with van der Waals surface area (Å²) in [6.45, 7) is 3.56. The molecule has 5 heteroatoms. The smallest absolute Gasteiger partial charge is 0.305 e. The second-order valence-electron chi connectivity index (χ2n) is 4.14. The fourth-order valence-electron chi connectivity index (χ4n) is 1.39. The molecule has 0 radical (unpaired) electrons. The molecule has 18 heavy (non-hydrogen) atoms. The van der Waals surface area contributed by atoms with Crippen molar-refractivity contribution < 1.29 is 24.2 Å². The van der Waals surface area contributed by atoms with Crippen LogP contribution in [0.3, 0.4) is 0 Å². The molecule has 0 spiro atoms. The molecule has 0 aromatic heterocycles. The minimum absolute atomic E-state index is 0.105. The van der Waals surface area contributed by atoms with Crippen LogP contribution in [0, 0.1) is 0 Å². The number of carboxylic acids is 1. The van der Waals surface area contributed by atoms with Gasteiger partial charge in [0.05, 0.1) is 6.61 Å². The van der Waals surface area contributed by atoms with Gasteiger partial charge in [-0.25, -0.2) is 0 Å². The van der Waals surface area contributed by atoms with E-state index in [0.29, 0.717) is 26.1 Å². The lowest BCUT2D eigenvalue weighted by molar-refractivity contribution is -0.145. The number of ether oxygens (including phenoxy) is 2. The first kappa shape index (κ1) is 16.9. The largest absolute Gasteiger partial charge is 0.481 e. The Hall–Kier alpha value is -1.10. The van der Waals surface area contributed by atoms with Gasteiger partial charge in [0.2, 0.25) is 0 Å². The molecule has 0 saturated carbocycles. The minimum Gasteiger partial charge on any atom is -0.481 e. The number of unbranched alkanes of at least 4 members (excludes halogenated alkanes) is 3. The van der Waals surface area contributed by atoms with Gasteiger partial charge in [-0.2, -0.15) is 0 Å². The Labute approximate surface area is 108 Å². The highest BCUT2D eigenvalue weighted by Gasteiger charge is 2.03. The maximum Gasteiger partial charge on any atom is 0.305 e. The average Bonchev–Trinajstić information content (AvgIpc) is 2.33. The van der Waals surface area contributed by atoms with E-state index in [4.69, 9.17) is 14.6 Å². The van der Waals surface area contributed by atoms with Crippen molar-refractivity contribution in [2.75, 3.05) is 19.8 Å². The molecule has 0 heterocycles.